The summed E-state index contributed by atoms with van der Waals surface area (Å²) in [7, 11) is -1.48. The van der Waals surface area contributed by atoms with Crippen LogP contribution in [0.4, 0.5) is 0 Å². The van der Waals surface area contributed by atoms with Gasteiger partial charge < -0.3 is 14.6 Å². The van der Waals surface area contributed by atoms with Gasteiger partial charge in [0.05, 0.1) is 23.2 Å². The average Bonchev–Trinajstić information content (AvgIpc) is 2.96. The first kappa shape index (κ1) is 18.5. The number of sulfone groups is 1. The second-order valence-electron chi connectivity index (χ2n) is 6.55. The van der Waals surface area contributed by atoms with Crippen molar-refractivity contribution in [3.63, 3.8) is 0 Å². The Bertz CT molecular complexity index is 764. The minimum absolute atomic E-state index is 0.0176. The summed E-state index contributed by atoms with van der Waals surface area (Å²) < 4.78 is 28.4. The van der Waals surface area contributed by atoms with Gasteiger partial charge in [-0.2, -0.15) is 0 Å². The van der Waals surface area contributed by atoms with Crippen LogP contribution in [0.2, 0.25) is 0 Å². The number of nitrogens with one attached hydrogen (secondary N) is 1. The number of aromatic nitrogens is 1. The first-order valence-corrected chi connectivity index (χ1v) is 9.73. The summed E-state index contributed by atoms with van der Waals surface area (Å²) >= 11 is 0. The highest BCUT2D eigenvalue weighted by atomic mass is 32.2. The molecule has 0 saturated carbocycles. The van der Waals surface area contributed by atoms with Crippen molar-refractivity contribution in [2.45, 2.75) is 46.3 Å². The van der Waals surface area contributed by atoms with E-state index in [0.717, 1.165) is 0 Å². The third kappa shape index (κ3) is 3.63. The zero-order valence-electron chi connectivity index (χ0n) is 14.7. The number of rotatable bonds is 4. The second kappa shape index (κ2) is 6.58. The lowest BCUT2D eigenvalue weighted by Crippen LogP contribution is -2.38. The summed E-state index contributed by atoms with van der Waals surface area (Å²) in [5, 5.41) is 0. The predicted octanol–water partition coefficient (Wildman–Crippen LogP) is 1.46. The van der Waals surface area contributed by atoms with Crippen LogP contribution in [0.15, 0.2) is 0 Å². The molecule has 134 valence electrons. The molecule has 0 bridgehead atoms. The van der Waals surface area contributed by atoms with E-state index in [1.165, 1.54) is 4.90 Å². The number of hydrogen-bond acceptors (Lipinski definition) is 5. The van der Waals surface area contributed by atoms with Crippen LogP contribution >= 0.6 is 0 Å². The van der Waals surface area contributed by atoms with Gasteiger partial charge in [0.25, 0.3) is 5.91 Å². The highest BCUT2D eigenvalue weighted by Gasteiger charge is 2.34. The Kier molecular flexibility index (Phi) is 5.08. The molecule has 1 saturated heterocycles. The van der Waals surface area contributed by atoms with Crippen LogP contribution < -0.4 is 0 Å². The third-order valence-corrected chi connectivity index (χ3v) is 6.03. The topological polar surface area (TPSA) is 96.5 Å². The molecule has 7 nitrogen and oxygen atoms in total. The van der Waals surface area contributed by atoms with Crippen LogP contribution in [0.25, 0.3) is 0 Å². The van der Waals surface area contributed by atoms with Crippen molar-refractivity contribution in [1.29, 1.82) is 0 Å². The van der Waals surface area contributed by atoms with Gasteiger partial charge in [-0.05, 0) is 39.7 Å². The predicted molar refractivity (Wildman–Crippen MR) is 90.0 cm³/mol. The summed E-state index contributed by atoms with van der Waals surface area (Å²) in [6.45, 7) is 6.92. The Hall–Kier alpha value is -1.83. The van der Waals surface area contributed by atoms with Crippen molar-refractivity contribution in [2.75, 3.05) is 18.6 Å². The zero-order valence-corrected chi connectivity index (χ0v) is 15.5. The molecule has 0 spiro atoms. The maximum atomic E-state index is 12.7. The molecule has 1 N–H and O–H groups in total. The molecule has 1 aliphatic rings. The van der Waals surface area contributed by atoms with E-state index in [0.29, 0.717) is 28.9 Å². The van der Waals surface area contributed by atoms with Crippen molar-refractivity contribution in [3.05, 3.63) is 22.5 Å². The molecule has 8 heteroatoms. The van der Waals surface area contributed by atoms with Gasteiger partial charge in [-0.1, -0.05) is 0 Å². The number of carbonyl (C=O) groups excluding carboxylic acids is 2. The lowest BCUT2D eigenvalue weighted by atomic mass is 10.1. The highest BCUT2D eigenvalue weighted by Crippen LogP contribution is 2.23. The van der Waals surface area contributed by atoms with Crippen LogP contribution in [0.5, 0.6) is 0 Å². The van der Waals surface area contributed by atoms with E-state index in [1.807, 2.05) is 0 Å². The fourth-order valence-electron chi connectivity index (χ4n) is 2.97. The maximum absolute atomic E-state index is 12.7. The van der Waals surface area contributed by atoms with E-state index in [-0.39, 0.29) is 29.6 Å². The van der Waals surface area contributed by atoms with Gasteiger partial charge in [0.15, 0.2) is 9.84 Å². The molecule has 2 rings (SSSR count). The molecule has 1 aromatic heterocycles. The molecule has 1 amide bonds. The monoisotopic (exact) mass is 356 g/mol. The Morgan fingerprint density at radius 3 is 2.42 bits per heavy atom. The largest absolute Gasteiger partial charge is 0.459 e. The number of carbonyl (C=O) groups is 2. The van der Waals surface area contributed by atoms with E-state index in [2.05, 4.69) is 4.98 Å². The maximum Gasteiger partial charge on any atom is 0.340 e. The summed E-state index contributed by atoms with van der Waals surface area (Å²) in [6.07, 6.45) is 0.183. The van der Waals surface area contributed by atoms with Crippen molar-refractivity contribution in [1.82, 2.24) is 9.88 Å². The number of amides is 1. The highest BCUT2D eigenvalue weighted by molar-refractivity contribution is 7.91. The Labute approximate surface area is 142 Å². The number of H-pyrrole nitrogens is 1. The molecule has 1 aromatic rings. The molecule has 1 fully saturated rings. The molecule has 24 heavy (non-hydrogen) atoms. The van der Waals surface area contributed by atoms with E-state index in [4.69, 9.17) is 4.74 Å². The van der Waals surface area contributed by atoms with Crippen molar-refractivity contribution in [3.8, 4) is 0 Å². The van der Waals surface area contributed by atoms with E-state index in [9.17, 15) is 18.0 Å². The molecule has 0 aliphatic carbocycles. The minimum atomic E-state index is -3.07. The SMILES string of the molecule is Cc1[nH]c(C(=O)N(C)[C@H]2CCS(=O)(=O)C2)c(C)c1C(=O)OC(C)C. The lowest BCUT2D eigenvalue weighted by molar-refractivity contribution is 0.0376. The Balaban J connectivity index is 2.26. The summed E-state index contributed by atoms with van der Waals surface area (Å²) in [6, 6.07) is -0.337. The molecular weight excluding hydrogens is 332 g/mol. The number of aromatic amines is 1. The molecule has 0 radical (unpaired) electrons. The van der Waals surface area contributed by atoms with Crippen LogP contribution in [-0.2, 0) is 14.6 Å². The summed E-state index contributed by atoms with van der Waals surface area (Å²) in [4.78, 5) is 29.3. The van der Waals surface area contributed by atoms with Crippen molar-refractivity contribution < 1.29 is 22.7 Å². The van der Waals surface area contributed by atoms with Gasteiger partial charge in [0.2, 0.25) is 0 Å². The Morgan fingerprint density at radius 2 is 1.92 bits per heavy atom. The quantitative estimate of drug-likeness (QED) is 0.824. The first-order valence-electron chi connectivity index (χ1n) is 7.91. The van der Waals surface area contributed by atoms with Crippen LogP contribution in [-0.4, -0.2) is 60.9 Å². The molecule has 2 heterocycles. The number of aryl methyl sites for hydroxylation is 1. The van der Waals surface area contributed by atoms with Gasteiger partial charge in [-0.25, -0.2) is 13.2 Å². The fourth-order valence-corrected chi connectivity index (χ4v) is 4.74. The van der Waals surface area contributed by atoms with Gasteiger partial charge in [0.1, 0.15) is 5.69 Å². The molecular formula is C16H24N2O5S. The van der Waals surface area contributed by atoms with Crippen molar-refractivity contribution >= 4 is 21.7 Å². The van der Waals surface area contributed by atoms with Crippen LogP contribution in [0.3, 0.4) is 0 Å². The first-order chi connectivity index (χ1) is 11.0. The third-order valence-electron chi connectivity index (χ3n) is 4.27. The smallest absolute Gasteiger partial charge is 0.340 e. The number of nitrogens with zero attached hydrogens (tertiary/aromatic N) is 1. The van der Waals surface area contributed by atoms with E-state index < -0.39 is 15.8 Å². The molecule has 0 aromatic carbocycles. The van der Waals surface area contributed by atoms with E-state index in [1.54, 1.807) is 34.7 Å². The Morgan fingerprint density at radius 1 is 1.29 bits per heavy atom. The van der Waals surface area contributed by atoms with E-state index >= 15 is 0 Å². The minimum Gasteiger partial charge on any atom is -0.459 e. The molecule has 1 atom stereocenters. The van der Waals surface area contributed by atoms with Gasteiger partial charge in [0, 0.05) is 18.8 Å². The number of esters is 1. The normalized spacial score (nSPS) is 19.5. The van der Waals surface area contributed by atoms with Gasteiger partial charge in [-0.3, -0.25) is 4.79 Å². The summed E-state index contributed by atoms with van der Waals surface area (Å²) in [5.41, 5.74) is 1.75. The number of hydrogen-bond donors (Lipinski definition) is 1. The second-order valence-corrected chi connectivity index (χ2v) is 8.78. The van der Waals surface area contributed by atoms with Crippen molar-refractivity contribution in [2.24, 2.45) is 0 Å². The van der Waals surface area contributed by atoms with Crippen LogP contribution in [0.1, 0.15) is 52.4 Å². The zero-order chi connectivity index (χ0) is 18.2. The fraction of sp³-hybridized carbons (Fsp3) is 0.625. The standard InChI is InChI=1S/C16H24N2O5S/c1-9(2)23-16(20)13-10(3)14(17-11(13)4)15(19)18(5)12-6-7-24(21,22)8-12/h9,12,17H,6-8H2,1-5H3/t12-/m0/s1. The van der Waals surface area contributed by atoms with Gasteiger partial charge in [-0.15, -0.1) is 0 Å². The lowest BCUT2D eigenvalue weighted by Gasteiger charge is -2.23. The molecule has 0 unspecified atom stereocenters. The van der Waals surface area contributed by atoms with Crippen LogP contribution in [0, 0.1) is 13.8 Å². The van der Waals surface area contributed by atoms with Gasteiger partial charge >= 0.3 is 5.97 Å². The number of ether oxygens (including phenoxy) is 1. The summed E-state index contributed by atoms with van der Waals surface area (Å²) in [5.74, 6) is -0.706. The average molecular weight is 356 g/mol. The molecule has 1 aliphatic heterocycles.